The average molecular weight is 373 g/mol. The molecule has 0 saturated carbocycles. The molecule has 1 atom stereocenters. The molecule has 1 unspecified atom stereocenters. The van der Waals surface area contributed by atoms with Crippen molar-refractivity contribution in [1.82, 2.24) is 0 Å². The Morgan fingerprint density at radius 1 is 0.857 bits per heavy atom. The van der Waals surface area contributed by atoms with Crippen molar-refractivity contribution in [2.45, 2.75) is 25.4 Å². The van der Waals surface area contributed by atoms with Crippen LogP contribution in [0.2, 0.25) is 0 Å². The molecule has 3 rings (SSSR count). The summed E-state index contributed by atoms with van der Waals surface area (Å²) >= 11 is 0. The molecule has 0 fully saturated rings. The minimum absolute atomic E-state index is 0.127. The highest BCUT2D eigenvalue weighted by Gasteiger charge is 2.22. The van der Waals surface area contributed by atoms with Crippen LogP contribution in [0.25, 0.3) is 0 Å². The number of benzene rings is 3. The van der Waals surface area contributed by atoms with Crippen molar-refractivity contribution in [2.75, 3.05) is 0 Å². The predicted octanol–water partition coefficient (Wildman–Crippen LogP) is 3.76. The lowest BCUT2D eigenvalue weighted by Crippen LogP contribution is -2.24. The van der Waals surface area contributed by atoms with Gasteiger partial charge in [-0.15, -0.1) is 0 Å². The number of carboxylic acids is 1. The standard InChI is InChI=1S/C24H22O4/c25-23(26)15-14-22(19-10-5-2-6-11-19)24(27)20-12-7-13-21(16-20)28-17-18-8-3-1-4-9-18/h1-13,16,22H,14-15,17H2,(H,25,26)/p-1. The molecule has 0 bridgehead atoms. The Morgan fingerprint density at radius 3 is 2.21 bits per heavy atom. The normalized spacial score (nSPS) is 11.6. The highest BCUT2D eigenvalue weighted by atomic mass is 16.5. The van der Waals surface area contributed by atoms with Crippen LogP contribution in [-0.2, 0) is 11.4 Å². The van der Waals surface area contributed by atoms with Crippen LogP contribution in [0.1, 0.15) is 40.2 Å². The van der Waals surface area contributed by atoms with Crippen LogP contribution in [0.5, 0.6) is 5.75 Å². The van der Waals surface area contributed by atoms with Crippen molar-refractivity contribution in [3.8, 4) is 5.75 Å². The van der Waals surface area contributed by atoms with Gasteiger partial charge in [0.1, 0.15) is 12.4 Å². The highest BCUT2D eigenvalue weighted by Crippen LogP contribution is 2.27. The van der Waals surface area contributed by atoms with Gasteiger partial charge in [-0.1, -0.05) is 72.8 Å². The third kappa shape index (κ3) is 5.30. The first-order valence-electron chi connectivity index (χ1n) is 9.19. The van der Waals surface area contributed by atoms with Crippen LogP contribution in [0.4, 0.5) is 0 Å². The maximum atomic E-state index is 13.1. The fourth-order valence-corrected chi connectivity index (χ4v) is 3.08. The van der Waals surface area contributed by atoms with Crippen molar-refractivity contribution in [3.63, 3.8) is 0 Å². The van der Waals surface area contributed by atoms with E-state index in [4.69, 9.17) is 4.74 Å². The third-order valence-electron chi connectivity index (χ3n) is 4.52. The number of carbonyl (C=O) groups excluding carboxylic acids is 2. The molecule has 4 nitrogen and oxygen atoms in total. The Hall–Kier alpha value is -3.40. The van der Waals surface area contributed by atoms with E-state index >= 15 is 0 Å². The molecule has 0 N–H and O–H groups in total. The molecule has 0 heterocycles. The molecular weight excluding hydrogens is 352 g/mol. The second-order valence-electron chi connectivity index (χ2n) is 6.54. The van der Waals surface area contributed by atoms with Gasteiger partial charge in [-0.05, 0) is 36.1 Å². The number of aliphatic carboxylic acids is 1. The van der Waals surface area contributed by atoms with Crippen LogP contribution >= 0.6 is 0 Å². The lowest BCUT2D eigenvalue weighted by atomic mass is 9.87. The number of rotatable bonds is 9. The molecule has 0 saturated heterocycles. The summed E-state index contributed by atoms with van der Waals surface area (Å²) < 4.78 is 5.81. The molecule has 0 aliphatic heterocycles. The largest absolute Gasteiger partial charge is 0.550 e. The minimum atomic E-state index is -1.16. The first kappa shape index (κ1) is 19.4. The van der Waals surface area contributed by atoms with E-state index in [1.165, 1.54) is 0 Å². The summed E-state index contributed by atoms with van der Waals surface area (Å²) in [6, 6.07) is 26.0. The van der Waals surface area contributed by atoms with Gasteiger partial charge in [0.05, 0.1) is 0 Å². The molecule has 0 aliphatic rings. The number of hydrogen-bond acceptors (Lipinski definition) is 4. The summed E-state index contributed by atoms with van der Waals surface area (Å²) in [4.78, 5) is 24.0. The van der Waals surface area contributed by atoms with Gasteiger partial charge in [-0.3, -0.25) is 4.79 Å². The summed E-state index contributed by atoms with van der Waals surface area (Å²) in [6.07, 6.45) is 0.0236. The van der Waals surface area contributed by atoms with Gasteiger partial charge < -0.3 is 14.6 Å². The van der Waals surface area contributed by atoms with Crippen LogP contribution in [0.15, 0.2) is 84.9 Å². The van der Waals surface area contributed by atoms with Crippen LogP contribution in [0.3, 0.4) is 0 Å². The molecule has 3 aromatic rings. The zero-order valence-electron chi connectivity index (χ0n) is 15.4. The summed E-state index contributed by atoms with van der Waals surface area (Å²) in [7, 11) is 0. The SMILES string of the molecule is O=C([O-])CCC(C(=O)c1cccc(OCc2ccccc2)c1)c1ccccc1. The molecule has 0 radical (unpaired) electrons. The van der Waals surface area contributed by atoms with E-state index in [1.807, 2.05) is 60.7 Å². The third-order valence-corrected chi connectivity index (χ3v) is 4.52. The van der Waals surface area contributed by atoms with Gasteiger partial charge in [-0.2, -0.15) is 0 Å². The first-order chi connectivity index (χ1) is 13.6. The van der Waals surface area contributed by atoms with E-state index in [9.17, 15) is 14.7 Å². The zero-order valence-corrected chi connectivity index (χ0v) is 15.4. The van der Waals surface area contributed by atoms with Crippen molar-refractivity contribution in [3.05, 3.63) is 102 Å². The fourth-order valence-electron chi connectivity index (χ4n) is 3.08. The number of carboxylic acid groups (broad SMARTS) is 1. The van der Waals surface area contributed by atoms with E-state index < -0.39 is 11.9 Å². The van der Waals surface area contributed by atoms with Crippen molar-refractivity contribution >= 4 is 11.8 Å². The van der Waals surface area contributed by atoms with Crippen molar-refractivity contribution in [2.24, 2.45) is 0 Å². The van der Waals surface area contributed by atoms with Crippen molar-refractivity contribution < 1.29 is 19.4 Å². The molecule has 0 amide bonds. The van der Waals surface area contributed by atoms with Gasteiger partial charge in [0, 0.05) is 17.5 Å². The number of ketones is 1. The van der Waals surface area contributed by atoms with E-state index in [0.29, 0.717) is 17.9 Å². The summed E-state index contributed by atoms with van der Waals surface area (Å²) in [6.45, 7) is 0.408. The van der Waals surface area contributed by atoms with E-state index in [1.54, 1.807) is 24.3 Å². The molecule has 0 spiro atoms. The van der Waals surface area contributed by atoms with Gasteiger partial charge in [0.15, 0.2) is 5.78 Å². The molecule has 28 heavy (non-hydrogen) atoms. The zero-order chi connectivity index (χ0) is 19.8. The molecule has 142 valence electrons. The number of carbonyl (C=O) groups is 2. The summed E-state index contributed by atoms with van der Waals surface area (Å²) in [5.74, 6) is -1.23. The molecule has 3 aromatic carbocycles. The van der Waals surface area contributed by atoms with Crippen molar-refractivity contribution in [1.29, 1.82) is 0 Å². The average Bonchev–Trinajstić information content (AvgIpc) is 2.74. The van der Waals surface area contributed by atoms with Crippen LogP contribution < -0.4 is 9.84 Å². The first-order valence-corrected chi connectivity index (χ1v) is 9.19. The Balaban J connectivity index is 1.77. The van der Waals surface area contributed by atoms with Gasteiger partial charge in [0.2, 0.25) is 0 Å². The van der Waals surface area contributed by atoms with Gasteiger partial charge in [-0.25, -0.2) is 0 Å². The van der Waals surface area contributed by atoms with Crippen LogP contribution in [0, 0.1) is 0 Å². The lowest BCUT2D eigenvalue weighted by molar-refractivity contribution is -0.305. The maximum Gasteiger partial charge on any atom is 0.170 e. The maximum absolute atomic E-state index is 13.1. The van der Waals surface area contributed by atoms with E-state index in [0.717, 1.165) is 11.1 Å². The Morgan fingerprint density at radius 2 is 1.54 bits per heavy atom. The second-order valence-corrected chi connectivity index (χ2v) is 6.54. The Labute approximate surface area is 164 Å². The predicted molar refractivity (Wildman–Crippen MR) is 105 cm³/mol. The van der Waals surface area contributed by atoms with Gasteiger partial charge in [0.25, 0.3) is 0 Å². The van der Waals surface area contributed by atoms with Gasteiger partial charge >= 0.3 is 0 Å². The highest BCUT2D eigenvalue weighted by molar-refractivity contribution is 6.01. The number of Topliss-reactive ketones (excluding diaryl/α,β-unsaturated/α-hetero) is 1. The number of hydrogen-bond donors (Lipinski definition) is 0. The quantitative estimate of drug-likeness (QED) is 0.536. The fraction of sp³-hybridized carbons (Fsp3) is 0.167. The minimum Gasteiger partial charge on any atom is -0.550 e. The number of ether oxygens (including phenoxy) is 1. The Kier molecular flexibility index (Phi) is 6.58. The topological polar surface area (TPSA) is 66.4 Å². The molecule has 0 aromatic heterocycles. The van der Waals surface area contributed by atoms with E-state index in [-0.39, 0.29) is 18.6 Å². The summed E-state index contributed by atoms with van der Waals surface area (Å²) in [5.41, 5.74) is 2.33. The molecular formula is C24H21O4-. The monoisotopic (exact) mass is 373 g/mol. The summed E-state index contributed by atoms with van der Waals surface area (Å²) in [5, 5.41) is 10.9. The van der Waals surface area contributed by atoms with E-state index in [2.05, 4.69) is 0 Å². The molecule has 4 heteroatoms. The second kappa shape index (κ2) is 9.51. The molecule has 0 aliphatic carbocycles. The smallest absolute Gasteiger partial charge is 0.170 e. The van der Waals surface area contributed by atoms with Crippen LogP contribution in [-0.4, -0.2) is 11.8 Å². The Bertz CT molecular complexity index is 920. The lowest BCUT2D eigenvalue weighted by Gasteiger charge is -2.17.